The number of ether oxygens (including phenoxy) is 2. The molecule has 2 aromatic rings. The Morgan fingerprint density at radius 1 is 1.05 bits per heavy atom. The van der Waals surface area contributed by atoms with Gasteiger partial charge in [-0.1, -0.05) is 12.1 Å². The smallest absolute Gasteiger partial charge is 0.127 e. The molecule has 0 aliphatic carbocycles. The van der Waals surface area contributed by atoms with E-state index < -0.39 is 0 Å². The third-order valence-electron chi connectivity index (χ3n) is 3.06. The van der Waals surface area contributed by atoms with Gasteiger partial charge in [-0.25, -0.2) is 0 Å². The first-order chi connectivity index (χ1) is 9.31. The number of pyridine rings is 1. The van der Waals surface area contributed by atoms with Crippen molar-refractivity contribution in [1.82, 2.24) is 10.3 Å². The molecule has 0 bridgehead atoms. The molecule has 0 amide bonds. The van der Waals surface area contributed by atoms with Crippen LogP contribution in [0.4, 0.5) is 0 Å². The summed E-state index contributed by atoms with van der Waals surface area (Å²) in [6, 6.07) is 9.69. The van der Waals surface area contributed by atoms with Crippen molar-refractivity contribution in [2.24, 2.45) is 0 Å². The largest absolute Gasteiger partial charge is 0.496 e. The molecule has 100 valence electrons. The third-order valence-corrected chi connectivity index (χ3v) is 3.06. The first kappa shape index (κ1) is 13.4. The van der Waals surface area contributed by atoms with Gasteiger partial charge in [-0.05, 0) is 30.8 Å². The Morgan fingerprint density at radius 3 is 2.21 bits per heavy atom. The number of methoxy groups -OCH3 is 2. The van der Waals surface area contributed by atoms with E-state index in [9.17, 15) is 0 Å². The van der Waals surface area contributed by atoms with E-state index >= 15 is 0 Å². The maximum atomic E-state index is 5.45. The first-order valence-electron chi connectivity index (χ1n) is 6.10. The number of hydrogen-bond acceptors (Lipinski definition) is 4. The molecule has 0 saturated heterocycles. The van der Waals surface area contributed by atoms with Crippen molar-refractivity contribution < 1.29 is 9.47 Å². The van der Waals surface area contributed by atoms with Gasteiger partial charge >= 0.3 is 0 Å². The van der Waals surface area contributed by atoms with Crippen LogP contribution >= 0.6 is 0 Å². The predicted octanol–water partition coefficient (Wildman–Crippen LogP) is 2.41. The van der Waals surface area contributed by atoms with Gasteiger partial charge in [0.25, 0.3) is 0 Å². The lowest BCUT2D eigenvalue weighted by molar-refractivity contribution is 0.378. The molecule has 1 unspecified atom stereocenters. The topological polar surface area (TPSA) is 43.4 Å². The SMILES string of the molecule is CNC(c1cccnc1)c1c(OC)cccc1OC. The van der Waals surface area contributed by atoms with E-state index in [0.29, 0.717) is 0 Å². The molecule has 0 radical (unpaired) electrons. The summed E-state index contributed by atoms with van der Waals surface area (Å²) in [5, 5.41) is 3.28. The first-order valence-corrected chi connectivity index (χ1v) is 6.10. The highest BCUT2D eigenvalue weighted by Crippen LogP contribution is 2.36. The molecular weight excluding hydrogens is 240 g/mol. The molecule has 1 aromatic carbocycles. The Labute approximate surface area is 113 Å². The van der Waals surface area contributed by atoms with Crippen LogP contribution in [-0.4, -0.2) is 26.3 Å². The quantitative estimate of drug-likeness (QED) is 0.894. The molecule has 1 N–H and O–H groups in total. The Bertz CT molecular complexity index is 507. The van der Waals surface area contributed by atoms with Crippen LogP contribution < -0.4 is 14.8 Å². The Hall–Kier alpha value is -2.07. The van der Waals surface area contributed by atoms with E-state index in [1.807, 2.05) is 43.6 Å². The fourth-order valence-corrected chi connectivity index (χ4v) is 2.19. The molecule has 0 saturated carbocycles. The van der Waals surface area contributed by atoms with Crippen LogP contribution in [-0.2, 0) is 0 Å². The highest BCUT2D eigenvalue weighted by atomic mass is 16.5. The molecule has 19 heavy (non-hydrogen) atoms. The fraction of sp³-hybridized carbons (Fsp3) is 0.267. The Balaban J connectivity index is 2.54. The average Bonchev–Trinajstić information content (AvgIpc) is 2.49. The van der Waals surface area contributed by atoms with Crippen LogP contribution in [0.15, 0.2) is 42.7 Å². The molecular formula is C15H18N2O2. The van der Waals surface area contributed by atoms with E-state index in [1.165, 1.54) is 0 Å². The molecule has 4 heteroatoms. The zero-order chi connectivity index (χ0) is 13.7. The zero-order valence-electron chi connectivity index (χ0n) is 11.4. The van der Waals surface area contributed by atoms with Gasteiger partial charge < -0.3 is 14.8 Å². The van der Waals surface area contributed by atoms with Crippen molar-refractivity contribution in [3.05, 3.63) is 53.9 Å². The van der Waals surface area contributed by atoms with E-state index in [4.69, 9.17) is 9.47 Å². The summed E-state index contributed by atoms with van der Waals surface area (Å²) in [5.41, 5.74) is 2.04. The number of nitrogens with zero attached hydrogens (tertiary/aromatic N) is 1. The molecule has 1 atom stereocenters. The van der Waals surface area contributed by atoms with E-state index in [2.05, 4.69) is 10.3 Å². The summed E-state index contributed by atoms with van der Waals surface area (Å²) in [6.45, 7) is 0. The van der Waals surface area contributed by atoms with Crippen molar-refractivity contribution in [2.45, 2.75) is 6.04 Å². The summed E-state index contributed by atoms with van der Waals surface area (Å²) >= 11 is 0. The summed E-state index contributed by atoms with van der Waals surface area (Å²) < 4.78 is 10.9. The minimum atomic E-state index is -0.0280. The second-order valence-electron chi connectivity index (χ2n) is 4.08. The van der Waals surface area contributed by atoms with Crippen molar-refractivity contribution in [3.8, 4) is 11.5 Å². The average molecular weight is 258 g/mol. The Morgan fingerprint density at radius 2 is 1.74 bits per heavy atom. The lowest BCUT2D eigenvalue weighted by atomic mass is 9.98. The highest BCUT2D eigenvalue weighted by Gasteiger charge is 2.21. The van der Waals surface area contributed by atoms with E-state index in [0.717, 1.165) is 22.6 Å². The number of aromatic nitrogens is 1. The molecule has 0 aliphatic rings. The van der Waals surface area contributed by atoms with Crippen molar-refractivity contribution in [2.75, 3.05) is 21.3 Å². The van der Waals surface area contributed by atoms with Gasteiger partial charge in [0.1, 0.15) is 11.5 Å². The van der Waals surface area contributed by atoms with Crippen LogP contribution in [0.3, 0.4) is 0 Å². The number of hydrogen-bond donors (Lipinski definition) is 1. The minimum absolute atomic E-state index is 0.0280. The van der Waals surface area contributed by atoms with Gasteiger partial charge in [-0.3, -0.25) is 4.98 Å². The molecule has 1 heterocycles. The van der Waals surface area contributed by atoms with Gasteiger partial charge in [0.05, 0.1) is 25.8 Å². The van der Waals surface area contributed by atoms with Gasteiger partial charge in [-0.15, -0.1) is 0 Å². The standard InChI is InChI=1S/C15H18N2O2/c1-16-15(11-6-5-9-17-10-11)14-12(18-2)7-4-8-13(14)19-3/h4-10,15-16H,1-3H3. The van der Waals surface area contributed by atoms with E-state index in [1.54, 1.807) is 20.4 Å². The summed E-state index contributed by atoms with van der Waals surface area (Å²) in [5.74, 6) is 1.59. The molecule has 2 rings (SSSR count). The zero-order valence-corrected chi connectivity index (χ0v) is 11.4. The van der Waals surface area contributed by atoms with Crippen LogP contribution in [0.1, 0.15) is 17.2 Å². The maximum Gasteiger partial charge on any atom is 0.127 e. The molecule has 4 nitrogen and oxygen atoms in total. The fourth-order valence-electron chi connectivity index (χ4n) is 2.19. The highest BCUT2D eigenvalue weighted by molar-refractivity contribution is 5.50. The van der Waals surface area contributed by atoms with Crippen molar-refractivity contribution in [1.29, 1.82) is 0 Å². The molecule has 0 fully saturated rings. The molecule has 0 spiro atoms. The summed E-state index contributed by atoms with van der Waals surface area (Å²) in [6.07, 6.45) is 3.60. The third kappa shape index (κ3) is 2.69. The van der Waals surface area contributed by atoms with Crippen LogP contribution in [0, 0.1) is 0 Å². The normalized spacial score (nSPS) is 11.9. The molecule has 1 aromatic heterocycles. The van der Waals surface area contributed by atoms with Gasteiger partial charge in [0, 0.05) is 12.4 Å². The lowest BCUT2D eigenvalue weighted by Gasteiger charge is -2.22. The van der Waals surface area contributed by atoms with Gasteiger partial charge in [-0.2, -0.15) is 0 Å². The Kier molecular flexibility index (Phi) is 4.36. The van der Waals surface area contributed by atoms with Crippen LogP contribution in [0.25, 0.3) is 0 Å². The number of rotatable bonds is 5. The monoisotopic (exact) mass is 258 g/mol. The van der Waals surface area contributed by atoms with Crippen LogP contribution in [0.2, 0.25) is 0 Å². The van der Waals surface area contributed by atoms with E-state index in [-0.39, 0.29) is 6.04 Å². The second kappa shape index (κ2) is 6.20. The number of benzene rings is 1. The van der Waals surface area contributed by atoms with Crippen molar-refractivity contribution >= 4 is 0 Å². The summed E-state index contributed by atoms with van der Waals surface area (Å²) in [7, 11) is 5.23. The molecule has 0 aliphatic heterocycles. The van der Waals surface area contributed by atoms with Crippen LogP contribution in [0.5, 0.6) is 11.5 Å². The minimum Gasteiger partial charge on any atom is -0.496 e. The summed E-state index contributed by atoms with van der Waals surface area (Å²) in [4.78, 5) is 4.17. The lowest BCUT2D eigenvalue weighted by Crippen LogP contribution is -2.19. The van der Waals surface area contributed by atoms with Gasteiger partial charge in [0.2, 0.25) is 0 Å². The maximum absolute atomic E-state index is 5.45. The van der Waals surface area contributed by atoms with Gasteiger partial charge in [0.15, 0.2) is 0 Å². The predicted molar refractivity (Wildman–Crippen MR) is 74.7 cm³/mol. The van der Waals surface area contributed by atoms with Crippen molar-refractivity contribution in [3.63, 3.8) is 0 Å². The number of nitrogens with one attached hydrogen (secondary N) is 1. The second-order valence-corrected chi connectivity index (χ2v) is 4.08.